The maximum absolute atomic E-state index is 5.15. The Balaban J connectivity index is 0.915. The molecule has 0 bridgehead atoms. The summed E-state index contributed by atoms with van der Waals surface area (Å²) in [7, 11) is 0. The average Bonchev–Trinajstić information content (AvgIpc) is 3.43. The van der Waals surface area contributed by atoms with Crippen LogP contribution in [0.2, 0.25) is 0 Å². The zero-order valence-corrected chi connectivity index (χ0v) is 38.8. The summed E-state index contributed by atoms with van der Waals surface area (Å²) in [6, 6.07) is 82.9. The van der Waals surface area contributed by atoms with E-state index in [4.69, 9.17) is 24.9 Å². The zero-order chi connectivity index (χ0) is 47.0. The van der Waals surface area contributed by atoms with E-state index in [2.05, 4.69) is 214 Å². The molecule has 0 spiro atoms. The molecule has 0 fully saturated rings. The van der Waals surface area contributed by atoms with Gasteiger partial charge in [0.2, 0.25) is 0 Å². The number of fused-ring (bicyclic) bond motifs is 2. The number of rotatable bonds is 9. The lowest BCUT2D eigenvalue weighted by atomic mass is 9.91. The van der Waals surface area contributed by atoms with Crippen LogP contribution in [0.15, 0.2) is 237 Å². The molecule has 0 aliphatic heterocycles. The minimum absolute atomic E-state index is 0.691. The van der Waals surface area contributed by atoms with Crippen molar-refractivity contribution in [3.8, 4) is 101 Å². The predicted octanol–water partition coefficient (Wildman–Crippen LogP) is 16.6. The van der Waals surface area contributed by atoms with Crippen LogP contribution in [0, 0.1) is 13.8 Å². The molecular formula is C65H45N5. The Hall–Kier alpha value is -9.19. The smallest absolute Gasteiger partial charge is 0.160 e. The lowest BCUT2D eigenvalue weighted by Gasteiger charge is -2.15. The second-order valence-electron chi connectivity index (χ2n) is 17.7. The van der Waals surface area contributed by atoms with Gasteiger partial charge < -0.3 is 0 Å². The highest BCUT2D eigenvalue weighted by Gasteiger charge is 2.17. The molecule has 5 heteroatoms. The monoisotopic (exact) mass is 895 g/mol. The number of hydrogen-bond donors (Lipinski definition) is 0. The van der Waals surface area contributed by atoms with Crippen molar-refractivity contribution in [3.05, 3.63) is 248 Å². The van der Waals surface area contributed by atoms with Crippen LogP contribution in [0.5, 0.6) is 0 Å². The molecule has 0 aliphatic rings. The molecule has 0 atom stereocenters. The van der Waals surface area contributed by atoms with Gasteiger partial charge in [0.25, 0.3) is 0 Å². The fraction of sp³-hybridized carbons (Fsp3) is 0.0308. The van der Waals surface area contributed by atoms with Crippen molar-refractivity contribution in [2.45, 2.75) is 13.8 Å². The molecule has 9 aromatic carbocycles. The second kappa shape index (κ2) is 18.1. The fourth-order valence-electron chi connectivity index (χ4n) is 9.42. The van der Waals surface area contributed by atoms with Gasteiger partial charge in [-0.3, -0.25) is 4.98 Å². The van der Waals surface area contributed by atoms with Crippen LogP contribution in [-0.4, -0.2) is 24.9 Å². The van der Waals surface area contributed by atoms with Crippen LogP contribution < -0.4 is 0 Å². The van der Waals surface area contributed by atoms with Gasteiger partial charge in [-0.15, -0.1) is 0 Å². The Morgan fingerprint density at radius 2 is 0.686 bits per heavy atom. The zero-order valence-electron chi connectivity index (χ0n) is 38.8. The van der Waals surface area contributed by atoms with Gasteiger partial charge in [0.15, 0.2) is 11.6 Å². The lowest BCUT2D eigenvalue weighted by Crippen LogP contribution is -1.97. The Labute approximate surface area is 407 Å². The van der Waals surface area contributed by atoms with E-state index in [9.17, 15) is 0 Å². The molecule has 0 radical (unpaired) electrons. The summed E-state index contributed by atoms with van der Waals surface area (Å²) >= 11 is 0. The topological polar surface area (TPSA) is 64.5 Å². The summed E-state index contributed by atoms with van der Waals surface area (Å²) < 4.78 is 0. The Kier molecular flexibility index (Phi) is 10.9. The van der Waals surface area contributed by atoms with Gasteiger partial charge in [-0.1, -0.05) is 212 Å². The molecule has 3 aromatic heterocycles. The summed E-state index contributed by atoms with van der Waals surface area (Å²) in [4.78, 5) is 25.7. The number of benzene rings is 9. The molecule has 3 heterocycles. The maximum Gasteiger partial charge on any atom is 0.160 e. The first-order valence-electron chi connectivity index (χ1n) is 23.6. The Morgan fingerprint density at radius 1 is 0.243 bits per heavy atom. The summed E-state index contributed by atoms with van der Waals surface area (Å²) in [6.45, 7) is 4.19. The van der Waals surface area contributed by atoms with E-state index in [0.29, 0.717) is 11.6 Å². The molecule has 0 amide bonds. The first-order chi connectivity index (χ1) is 34.5. The van der Waals surface area contributed by atoms with Crippen LogP contribution in [-0.2, 0) is 0 Å². The van der Waals surface area contributed by atoms with Crippen molar-refractivity contribution in [2.75, 3.05) is 0 Å². The van der Waals surface area contributed by atoms with Crippen LogP contribution >= 0.6 is 0 Å². The third-order valence-electron chi connectivity index (χ3n) is 13.3. The Bertz CT molecular complexity index is 3870. The molecule has 12 aromatic rings. The number of hydrogen-bond acceptors (Lipinski definition) is 5. The summed E-state index contributed by atoms with van der Waals surface area (Å²) in [6.07, 6.45) is 0. The van der Waals surface area contributed by atoms with Gasteiger partial charge in [-0.05, 0) is 87.5 Å². The quantitative estimate of drug-likeness (QED) is 0.144. The van der Waals surface area contributed by atoms with Crippen LogP contribution in [0.4, 0.5) is 0 Å². The summed E-state index contributed by atoms with van der Waals surface area (Å²) in [5.74, 6) is 1.38. The first kappa shape index (κ1) is 42.2. The van der Waals surface area contributed by atoms with Crippen molar-refractivity contribution in [1.29, 1.82) is 0 Å². The molecule has 0 saturated carbocycles. The van der Waals surface area contributed by atoms with E-state index in [1.54, 1.807) is 0 Å². The van der Waals surface area contributed by atoms with Crippen LogP contribution in [0.25, 0.3) is 123 Å². The highest BCUT2D eigenvalue weighted by Crippen LogP contribution is 2.39. The van der Waals surface area contributed by atoms with Crippen LogP contribution in [0.1, 0.15) is 11.3 Å². The fourth-order valence-corrected chi connectivity index (χ4v) is 9.42. The third-order valence-corrected chi connectivity index (χ3v) is 13.3. The van der Waals surface area contributed by atoms with Gasteiger partial charge in [0.05, 0.1) is 28.5 Å². The van der Waals surface area contributed by atoms with Gasteiger partial charge >= 0.3 is 0 Å². The predicted molar refractivity (Wildman–Crippen MR) is 289 cm³/mol. The number of aromatic nitrogens is 5. The highest BCUT2D eigenvalue weighted by molar-refractivity contribution is 5.98. The number of pyridine rings is 1. The first-order valence-corrected chi connectivity index (χ1v) is 23.6. The minimum Gasteiger partial charge on any atom is -0.253 e. The molecule has 12 rings (SSSR count). The molecule has 330 valence electrons. The van der Waals surface area contributed by atoms with Gasteiger partial charge in [-0.2, -0.15) is 0 Å². The van der Waals surface area contributed by atoms with Crippen LogP contribution in [0.3, 0.4) is 0 Å². The normalized spacial score (nSPS) is 11.3. The largest absolute Gasteiger partial charge is 0.253 e. The number of nitrogens with zero attached hydrogens (tertiary/aromatic N) is 5. The van der Waals surface area contributed by atoms with Crippen molar-refractivity contribution in [1.82, 2.24) is 24.9 Å². The maximum atomic E-state index is 5.15. The highest BCUT2D eigenvalue weighted by atomic mass is 14.9. The van der Waals surface area contributed by atoms with E-state index < -0.39 is 0 Å². The van der Waals surface area contributed by atoms with Gasteiger partial charge in [0, 0.05) is 44.6 Å². The molecule has 70 heavy (non-hydrogen) atoms. The second-order valence-corrected chi connectivity index (χ2v) is 17.7. The summed E-state index contributed by atoms with van der Waals surface area (Å²) in [5, 5.41) is 4.67. The van der Waals surface area contributed by atoms with Crippen molar-refractivity contribution in [3.63, 3.8) is 0 Å². The number of aryl methyl sites for hydroxylation is 2. The Morgan fingerprint density at radius 3 is 1.21 bits per heavy atom. The molecule has 0 saturated heterocycles. The molecule has 0 unspecified atom stereocenters. The van der Waals surface area contributed by atoms with Gasteiger partial charge in [0.1, 0.15) is 0 Å². The minimum atomic E-state index is 0.691. The molecule has 0 aliphatic carbocycles. The van der Waals surface area contributed by atoms with E-state index in [1.165, 1.54) is 10.8 Å². The van der Waals surface area contributed by atoms with E-state index in [0.717, 1.165) is 112 Å². The molecule has 5 nitrogen and oxygen atoms in total. The summed E-state index contributed by atoms with van der Waals surface area (Å²) in [5.41, 5.74) is 18.2. The van der Waals surface area contributed by atoms with Crippen molar-refractivity contribution in [2.24, 2.45) is 0 Å². The van der Waals surface area contributed by atoms with E-state index in [-0.39, 0.29) is 0 Å². The standard InChI is InChI=1S/C65H45N5/c1-42-27-38-59(66-43(42)2)58-39-52(44-28-32-48(33-29-44)60-40-62(69-64(67-60)50-17-5-3-6-18-50)56-25-13-21-45-15-9-11-23-53(45)56)36-37-55(58)47-30-34-49(35-31-47)61-41-63(70-65(68-61)51-19-7-4-8-20-51)57-26-14-22-46-16-10-12-24-54(46)57/h3-41H,1-2H3. The van der Waals surface area contributed by atoms with Gasteiger partial charge in [-0.25, -0.2) is 19.9 Å². The SMILES string of the molecule is Cc1ccc(-c2cc(-c3ccc(-c4cc(-c5cccc6ccccc56)nc(-c5ccccc5)n4)cc3)ccc2-c2ccc(-c3cc(-c4cccc5ccccc45)nc(-c4ccccc4)n3)cc2)nc1C. The van der Waals surface area contributed by atoms with E-state index >= 15 is 0 Å². The van der Waals surface area contributed by atoms with E-state index in [1.807, 2.05) is 36.4 Å². The van der Waals surface area contributed by atoms with Crippen molar-refractivity contribution < 1.29 is 0 Å². The molecular weight excluding hydrogens is 851 g/mol. The van der Waals surface area contributed by atoms with Crippen molar-refractivity contribution >= 4 is 21.5 Å². The average molecular weight is 896 g/mol. The molecule has 0 N–H and O–H groups in total. The lowest BCUT2D eigenvalue weighted by molar-refractivity contribution is 1.16. The third kappa shape index (κ3) is 8.20.